The molecule has 0 spiro atoms. The summed E-state index contributed by atoms with van der Waals surface area (Å²) in [7, 11) is 1.30. The van der Waals surface area contributed by atoms with Crippen molar-refractivity contribution in [3.63, 3.8) is 0 Å². The molecule has 0 saturated heterocycles. The van der Waals surface area contributed by atoms with Crippen LogP contribution in [0.5, 0.6) is 11.5 Å². The average molecular weight is 378 g/mol. The summed E-state index contributed by atoms with van der Waals surface area (Å²) >= 11 is 0. The summed E-state index contributed by atoms with van der Waals surface area (Å²) in [5, 5.41) is 9.78. The number of carbonyl (C=O) groups is 1. The van der Waals surface area contributed by atoms with Crippen LogP contribution in [0.3, 0.4) is 0 Å². The van der Waals surface area contributed by atoms with Gasteiger partial charge in [0.15, 0.2) is 23.5 Å². The minimum Gasteiger partial charge on any atom is -0.494 e. The van der Waals surface area contributed by atoms with Crippen LogP contribution < -0.4 is 9.47 Å². The van der Waals surface area contributed by atoms with Crippen LogP contribution in [0.4, 0.5) is 10.2 Å². The monoisotopic (exact) mass is 378 g/mol. The lowest BCUT2D eigenvalue weighted by atomic mass is 9.99. The molecule has 7 heteroatoms. The molecule has 28 heavy (non-hydrogen) atoms. The molecule has 0 bridgehead atoms. The van der Waals surface area contributed by atoms with Crippen LogP contribution in [0.25, 0.3) is 16.0 Å². The molecule has 1 N–H and O–H groups in total. The maximum Gasteiger partial charge on any atom is 0.339 e. The van der Waals surface area contributed by atoms with Crippen LogP contribution in [0.1, 0.15) is 15.9 Å². The second-order valence-corrected chi connectivity index (χ2v) is 5.71. The highest BCUT2D eigenvalue weighted by molar-refractivity contribution is 6.02. The molecule has 1 heterocycles. The highest BCUT2D eigenvalue weighted by Crippen LogP contribution is 2.40. The fourth-order valence-corrected chi connectivity index (χ4v) is 2.74. The van der Waals surface area contributed by atoms with Gasteiger partial charge in [-0.25, -0.2) is 9.18 Å². The zero-order chi connectivity index (χ0) is 20.1. The van der Waals surface area contributed by atoms with Crippen molar-refractivity contribution in [2.24, 2.45) is 0 Å². The number of halogens is 1. The molecule has 0 saturated carbocycles. The van der Waals surface area contributed by atoms with E-state index in [0.29, 0.717) is 0 Å². The minimum absolute atomic E-state index is 0.0547. The molecule has 2 aromatic carbocycles. The van der Waals surface area contributed by atoms with Crippen LogP contribution in [0, 0.1) is 12.4 Å². The number of methoxy groups -OCH3 is 1. The van der Waals surface area contributed by atoms with Crippen molar-refractivity contribution in [2.45, 2.75) is 6.61 Å². The maximum atomic E-state index is 14.8. The van der Waals surface area contributed by atoms with E-state index in [0.717, 1.165) is 5.56 Å². The van der Waals surface area contributed by atoms with Gasteiger partial charge < -0.3 is 19.4 Å². The third-order valence-electron chi connectivity index (χ3n) is 4.03. The Morgan fingerprint density at radius 2 is 1.93 bits per heavy atom. The second kappa shape index (κ2) is 8.18. The summed E-state index contributed by atoms with van der Waals surface area (Å²) in [5.41, 5.74) is 0.246. The van der Waals surface area contributed by atoms with E-state index in [-0.39, 0.29) is 40.6 Å². The number of hydrogen-bond acceptors (Lipinski definition) is 4. The molecule has 0 aliphatic carbocycles. The first kappa shape index (κ1) is 18.9. The van der Waals surface area contributed by atoms with Gasteiger partial charge in [0.05, 0.1) is 7.11 Å². The number of carboxylic acid groups (broad SMARTS) is 1. The summed E-state index contributed by atoms with van der Waals surface area (Å²) in [4.78, 5) is 19.2. The first-order valence-electron chi connectivity index (χ1n) is 8.20. The molecule has 140 valence electrons. The minimum atomic E-state index is -1.35. The molecular weight excluding hydrogens is 363 g/mol. The summed E-state index contributed by atoms with van der Waals surface area (Å²) in [5.74, 6) is -2.50. The van der Waals surface area contributed by atoms with Crippen molar-refractivity contribution in [2.75, 3.05) is 7.11 Å². The van der Waals surface area contributed by atoms with Crippen molar-refractivity contribution in [3.05, 3.63) is 83.1 Å². The molecule has 0 unspecified atom stereocenters. The SMILES string of the molecule is [C-]#[N+]c1ncc(OCc2ccccc2)c(C(=O)O)c1-c1cccc(OC)c1F. The first-order chi connectivity index (χ1) is 13.6. The Kier molecular flexibility index (Phi) is 5.51. The molecule has 0 fully saturated rings. The highest BCUT2D eigenvalue weighted by atomic mass is 19.1. The van der Waals surface area contributed by atoms with E-state index in [1.165, 1.54) is 31.5 Å². The fourth-order valence-electron chi connectivity index (χ4n) is 2.74. The van der Waals surface area contributed by atoms with E-state index in [1.807, 2.05) is 30.3 Å². The van der Waals surface area contributed by atoms with Crippen molar-refractivity contribution in [3.8, 4) is 22.6 Å². The van der Waals surface area contributed by atoms with Gasteiger partial charge in [-0.05, 0) is 11.6 Å². The lowest BCUT2D eigenvalue weighted by molar-refractivity contribution is 0.0692. The molecule has 0 aliphatic rings. The number of pyridine rings is 1. The smallest absolute Gasteiger partial charge is 0.339 e. The zero-order valence-electron chi connectivity index (χ0n) is 14.8. The summed E-state index contributed by atoms with van der Waals surface area (Å²) < 4.78 is 25.4. The number of hydrogen-bond donors (Lipinski definition) is 1. The Hall–Kier alpha value is -3.92. The number of aromatic carboxylic acids is 1. The van der Waals surface area contributed by atoms with Gasteiger partial charge in [-0.1, -0.05) is 49.0 Å². The van der Waals surface area contributed by atoms with E-state index in [9.17, 15) is 14.3 Å². The summed E-state index contributed by atoms with van der Waals surface area (Å²) in [6.45, 7) is 7.42. The number of rotatable bonds is 6. The van der Waals surface area contributed by atoms with Gasteiger partial charge in [0, 0.05) is 11.1 Å². The van der Waals surface area contributed by atoms with Gasteiger partial charge in [-0.2, -0.15) is 0 Å². The zero-order valence-corrected chi connectivity index (χ0v) is 14.8. The molecule has 0 amide bonds. The molecule has 0 radical (unpaired) electrons. The van der Waals surface area contributed by atoms with Gasteiger partial charge in [-0.3, -0.25) is 0 Å². The third-order valence-corrected chi connectivity index (χ3v) is 4.03. The molecule has 0 atom stereocenters. The first-order valence-corrected chi connectivity index (χ1v) is 8.20. The quantitative estimate of drug-likeness (QED) is 0.628. The highest BCUT2D eigenvalue weighted by Gasteiger charge is 2.26. The van der Waals surface area contributed by atoms with E-state index < -0.39 is 11.8 Å². The van der Waals surface area contributed by atoms with Crippen LogP contribution in [-0.2, 0) is 6.61 Å². The van der Waals surface area contributed by atoms with Gasteiger partial charge in [0.1, 0.15) is 12.2 Å². The standard InChI is InChI=1S/C21H15FN2O4/c1-23-20-17(14-9-6-10-15(27-2)19(14)22)18(21(25)26)16(11-24-20)28-12-13-7-4-3-5-8-13/h3-11H,12H2,2H3,(H,25,26). The molecular formula is C21H15FN2O4. The van der Waals surface area contributed by atoms with Crippen molar-refractivity contribution >= 4 is 11.8 Å². The predicted octanol–water partition coefficient (Wildman–Crippen LogP) is 4.72. The fraction of sp³-hybridized carbons (Fsp3) is 0.0952. The van der Waals surface area contributed by atoms with Crippen LogP contribution in [0.15, 0.2) is 54.7 Å². The number of carboxylic acids is 1. The maximum absolute atomic E-state index is 14.8. The third kappa shape index (κ3) is 3.62. The number of ether oxygens (including phenoxy) is 2. The van der Waals surface area contributed by atoms with Gasteiger partial charge in [0.25, 0.3) is 5.82 Å². The van der Waals surface area contributed by atoms with Crippen LogP contribution >= 0.6 is 0 Å². The lowest BCUT2D eigenvalue weighted by Gasteiger charge is -2.15. The van der Waals surface area contributed by atoms with Crippen molar-refractivity contribution in [1.82, 2.24) is 4.98 Å². The topological polar surface area (TPSA) is 73.0 Å². The van der Waals surface area contributed by atoms with Crippen LogP contribution in [-0.4, -0.2) is 23.2 Å². The van der Waals surface area contributed by atoms with Gasteiger partial charge >= 0.3 is 5.97 Å². The predicted molar refractivity (Wildman–Crippen MR) is 100 cm³/mol. The summed E-state index contributed by atoms with van der Waals surface area (Å²) in [6.07, 6.45) is 1.17. The molecule has 6 nitrogen and oxygen atoms in total. The number of nitrogens with zero attached hydrogens (tertiary/aromatic N) is 2. The molecule has 0 aliphatic heterocycles. The second-order valence-electron chi connectivity index (χ2n) is 5.71. The Balaban J connectivity index is 2.16. The number of aromatic nitrogens is 1. The Morgan fingerprint density at radius 1 is 1.18 bits per heavy atom. The average Bonchev–Trinajstić information content (AvgIpc) is 2.72. The molecule has 1 aromatic heterocycles. The van der Waals surface area contributed by atoms with E-state index in [4.69, 9.17) is 16.0 Å². The Morgan fingerprint density at radius 3 is 2.57 bits per heavy atom. The van der Waals surface area contributed by atoms with Gasteiger partial charge in [-0.15, -0.1) is 4.98 Å². The largest absolute Gasteiger partial charge is 0.494 e. The van der Waals surface area contributed by atoms with E-state index >= 15 is 0 Å². The Bertz CT molecular complexity index is 1060. The van der Waals surface area contributed by atoms with E-state index in [2.05, 4.69) is 9.83 Å². The van der Waals surface area contributed by atoms with Gasteiger partial charge in [0.2, 0.25) is 0 Å². The van der Waals surface area contributed by atoms with E-state index in [1.54, 1.807) is 0 Å². The van der Waals surface area contributed by atoms with Crippen molar-refractivity contribution < 1.29 is 23.8 Å². The molecule has 3 aromatic rings. The van der Waals surface area contributed by atoms with Crippen LogP contribution in [0.2, 0.25) is 0 Å². The Labute approximate surface area is 160 Å². The number of benzene rings is 2. The lowest BCUT2D eigenvalue weighted by Crippen LogP contribution is -2.07. The molecule has 3 rings (SSSR count). The normalized spacial score (nSPS) is 10.2. The summed E-state index contributed by atoms with van der Waals surface area (Å²) in [6, 6.07) is 13.4. The van der Waals surface area contributed by atoms with Crippen molar-refractivity contribution in [1.29, 1.82) is 0 Å².